The van der Waals surface area contributed by atoms with Crippen LogP contribution in [0.5, 0.6) is 0 Å². The molecule has 3 aliphatic rings. The lowest BCUT2D eigenvalue weighted by Gasteiger charge is -2.61. The van der Waals surface area contributed by atoms with Crippen LogP contribution >= 0.6 is 0 Å². The fourth-order valence-corrected chi connectivity index (χ4v) is 3.74. The Hall–Kier alpha value is -1.77. The van der Waals surface area contributed by atoms with Crippen LogP contribution in [0.4, 0.5) is 13.2 Å². The van der Waals surface area contributed by atoms with Crippen molar-refractivity contribution in [1.82, 2.24) is 10.4 Å². The zero-order valence-electron chi connectivity index (χ0n) is 13.3. The van der Waals surface area contributed by atoms with Gasteiger partial charge in [0.15, 0.2) is 6.17 Å². The quantitative estimate of drug-likeness (QED) is 0.768. The second-order valence-corrected chi connectivity index (χ2v) is 7.27. The van der Waals surface area contributed by atoms with E-state index in [1.807, 2.05) is 27.7 Å². The van der Waals surface area contributed by atoms with Gasteiger partial charge in [-0.05, 0) is 6.08 Å². The van der Waals surface area contributed by atoms with Gasteiger partial charge in [-0.3, -0.25) is 5.43 Å². The van der Waals surface area contributed by atoms with Crippen molar-refractivity contribution in [2.45, 2.75) is 52.2 Å². The standard InChI is InChI=1S/C14H20F3N5O/c1-12(2)9(18)13(3,4)10(12)23-8-6-5-7-19-20-11(14(15,16)17)22(7)21-8/h5-7,9-10,19H,18H2,1-4H3. The van der Waals surface area contributed by atoms with Crippen LogP contribution in [0.3, 0.4) is 0 Å². The Labute approximate surface area is 132 Å². The van der Waals surface area contributed by atoms with Crippen LogP contribution in [0.25, 0.3) is 0 Å². The molecule has 0 radical (unpaired) electrons. The third-order valence-electron chi connectivity index (χ3n) is 4.86. The molecule has 0 amide bonds. The molecule has 1 aliphatic carbocycles. The maximum atomic E-state index is 12.9. The maximum Gasteiger partial charge on any atom is 0.453 e. The summed E-state index contributed by atoms with van der Waals surface area (Å²) in [6, 6.07) is -0.0679. The highest BCUT2D eigenvalue weighted by molar-refractivity contribution is 5.94. The fraction of sp³-hybridized carbons (Fsp3) is 0.714. The lowest BCUT2D eigenvalue weighted by Crippen LogP contribution is -2.72. The molecule has 0 saturated heterocycles. The highest BCUT2D eigenvalue weighted by Crippen LogP contribution is 2.54. The first kappa shape index (κ1) is 16.1. The summed E-state index contributed by atoms with van der Waals surface area (Å²) in [6.45, 7) is 7.90. The van der Waals surface area contributed by atoms with E-state index in [-0.39, 0.29) is 28.9 Å². The Morgan fingerprint density at radius 2 is 1.87 bits per heavy atom. The summed E-state index contributed by atoms with van der Waals surface area (Å²) in [5.41, 5.74) is 7.97. The number of ether oxygens (including phenoxy) is 1. The van der Waals surface area contributed by atoms with E-state index in [2.05, 4.69) is 15.6 Å². The van der Waals surface area contributed by atoms with Crippen molar-refractivity contribution in [1.29, 1.82) is 0 Å². The minimum atomic E-state index is -4.58. The summed E-state index contributed by atoms with van der Waals surface area (Å²) < 4.78 is 44.7. The first-order valence-electron chi connectivity index (χ1n) is 7.34. The summed E-state index contributed by atoms with van der Waals surface area (Å²) in [4.78, 5) is 0. The van der Waals surface area contributed by atoms with Crippen LogP contribution in [-0.2, 0) is 4.74 Å². The molecule has 6 nitrogen and oxygen atoms in total. The van der Waals surface area contributed by atoms with Gasteiger partial charge in [0.25, 0.3) is 5.84 Å². The minimum Gasteiger partial charge on any atom is -0.472 e. The van der Waals surface area contributed by atoms with Crippen LogP contribution in [0.15, 0.2) is 22.4 Å². The molecule has 9 heteroatoms. The fourth-order valence-electron chi connectivity index (χ4n) is 3.74. The van der Waals surface area contributed by atoms with Crippen molar-refractivity contribution < 1.29 is 17.9 Å². The molecule has 0 aromatic heterocycles. The Kier molecular flexibility index (Phi) is 3.24. The second kappa shape index (κ2) is 4.62. The molecule has 3 rings (SSSR count). The highest BCUT2D eigenvalue weighted by atomic mass is 19.4. The molecule has 1 fully saturated rings. The van der Waals surface area contributed by atoms with E-state index in [0.717, 1.165) is 5.01 Å². The third kappa shape index (κ3) is 2.29. The number of amidine groups is 1. The number of nitrogens with two attached hydrogens (primary N) is 1. The largest absolute Gasteiger partial charge is 0.472 e. The number of nitrogens with zero attached hydrogens (tertiary/aromatic N) is 3. The molecule has 23 heavy (non-hydrogen) atoms. The van der Waals surface area contributed by atoms with Gasteiger partial charge in [0.1, 0.15) is 6.10 Å². The minimum absolute atomic E-state index is 0.0679. The normalized spacial score (nSPS) is 34.1. The predicted octanol–water partition coefficient (Wildman–Crippen LogP) is 1.76. The zero-order chi connectivity index (χ0) is 17.2. The number of rotatable bonds is 1. The van der Waals surface area contributed by atoms with Crippen molar-refractivity contribution in [2.75, 3.05) is 0 Å². The Morgan fingerprint density at radius 1 is 1.26 bits per heavy atom. The molecule has 3 N–H and O–H groups in total. The number of alkyl halides is 3. The third-order valence-corrected chi connectivity index (χ3v) is 4.86. The van der Waals surface area contributed by atoms with Gasteiger partial charge in [0, 0.05) is 22.9 Å². The van der Waals surface area contributed by atoms with Gasteiger partial charge in [-0.1, -0.05) is 27.7 Å². The van der Waals surface area contributed by atoms with E-state index in [0.29, 0.717) is 0 Å². The lowest BCUT2D eigenvalue weighted by atomic mass is 9.50. The van der Waals surface area contributed by atoms with Crippen LogP contribution in [0.1, 0.15) is 27.7 Å². The molecule has 1 atom stereocenters. The molecule has 0 aromatic carbocycles. The van der Waals surface area contributed by atoms with E-state index >= 15 is 0 Å². The topological polar surface area (TPSA) is 75.2 Å². The van der Waals surface area contributed by atoms with Gasteiger partial charge >= 0.3 is 6.18 Å². The highest BCUT2D eigenvalue weighted by Gasteiger charge is 2.62. The summed E-state index contributed by atoms with van der Waals surface area (Å²) >= 11 is 0. The van der Waals surface area contributed by atoms with Gasteiger partial charge in [0.05, 0.1) is 0 Å². The van der Waals surface area contributed by atoms with Gasteiger partial charge in [-0.15, -0.1) is 5.10 Å². The lowest BCUT2D eigenvalue weighted by molar-refractivity contribution is -0.162. The Balaban J connectivity index is 1.80. The summed E-state index contributed by atoms with van der Waals surface area (Å²) in [5.74, 6) is -0.961. The Morgan fingerprint density at radius 3 is 2.43 bits per heavy atom. The van der Waals surface area contributed by atoms with E-state index in [1.54, 1.807) is 6.08 Å². The van der Waals surface area contributed by atoms with Crippen molar-refractivity contribution in [3.8, 4) is 0 Å². The van der Waals surface area contributed by atoms with Crippen LogP contribution in [-0.4, -0.2) is 41.2 Å². The molecule has 0 bridgehead atoms. The number of hydrazone groups is 2. The van der Waals surface area contributed by atoms with Gasteiger partial charge in [-0.2, -0.15) is 18.3 Å². The predicted molar refractivity (Wildman–Crippen MR) is 79.2 cm³/mol. The molecule has 128 valence electrons. The average Bonchev–Trinajstić information content (AvgIpc) is 2.86. The van der Waals surface area contributed by atoms with Gasteiger partial charge in [0.2, 0.25) is 5.90 Å². The van der Waals surface area contributed by atoms with Gasteiger partial charge < -0.3 is 10.5 Å². The number of fused-ring (bicyclic) bond motifs is 1. The van der Waals surface area contributed by atoms with E-state index in [4.69, 9.17) is 10.5 Å². The van der Waals surface area contributed by atoms with Crippen LogP contribution < -0.4 is 11.2 Å². The van der Waals surface area contributed by atoms with E-state index < -0.39 is 18.2 Å². The first-order chi connectivity index (χ1) is 10.5. The summed E-state index contributed by atoms with van der Waals surface area (Å²) in [6.07, 6.45) is -2.49. The van der Waals surface area contributed by atoms with Gasteiger partial charge in [-0.25, -0.2) is 5.01 Å². The molecule has 1 unspecified atom stereocenters. The van der Waals surface area contributed by atoms with Crippen molar-refractivity contribution in [3.63, 3.8) is 0 Å². The number of nitrogens with one attached hydrogen (secondary N) is 1. The molecule has 0 aromatic rings. The zero-order valence-corrected chi connectivity index (χ0v) is 13.3. The first-order valence-corrected chi connectivity index (χ1v) is 7.34. The maximum absolute atomic E-state index is 12.9. The Bertz CT molecular complexity index is 592. The molecule has 2 heterocycles. The molecule has 2 aliphatic heterocycles. The summed E-state index contributed by atoms with van der Waals surface area (Å²) in [5, 5.41) is 8.04. The van der Waals surface area contributed by atoms with Crippen molar-refractivity contribution in [2.24, 2.45) is 26.8 Å². The molecule has 1 saturated carbocycles. The van der Waals surface area contributed by atoms with Crippen molar-refractivity contribution >= 4 is 11.7 Å². The summed E-state index contributed by atoms with van der Waals surface area (Å²) in [7, 11) is 0. The second-order valence-electron chi connectivity index (χ2n) is 7.27. The number of hydrogen-bond acceptors (Lipinski definition) is 6. The molecular formula is C14H20F3N5O. The number of hydrogen-bond donors (Lipinski definition) is 2. The smallest absolute Gasteiger partial charge is 0.453 e. The van der Waals surface area contributed by atoms with E-state index in [9.17, 15) is 13.2 Å². The molecular weight excluding hydrogens is 311 g/mol. The van der Waals surface area contributed by atoms with E-state index in [1.165, 1.54) is 6.08 Å². The average molecular weight is 331 g/mol. The SMILES string of the molecule is CC1(C)C(N)C(C)(C)C1OC1=NN2C(C(F)(F)F)=NNC2C=C1. The van der Waals surface area contributed by atoms with Crippen molar-refractivity contribution in [3.05, 3.63) is 12.2 Å². The van der Waals surface area contributed by atoms with Crippen LogP contribution in [0.2, 0.25) is 0 Å². The van der Waals surface area contributed by atoms with Crippen LogP contribution in [0, 0.1) is 10.8 Å². The molecule has 0 spiro atoms. The monoisotopic (exact) mass is 331 g/mol. The number of halogens is 3.